The third kappa shape index (κ3) is 5.52. The molecule has 0 radical (unpaired) electrons. The predicted molar refractivity (Wildman–Crippen MR) is 102 cm³/mol. The van der Waals surface area contributed by atoms with Gasteiger partial charge in [-0.2, -0.15) is 0 Å². The van der Waals surface area contributed by atoms with Crippen LogP contribution in [-0.4, -0.2) is 25.7 Å². The van der Waals surface area contributed by atoms with Crippen molar-refractivity contribution in [1.29, 1.82) is 0 Å². The summed E-state index contributed by atoms with van der Waals surface area (Å²) in [6, 6.07) is 8.36. The van der Waals surface area contributed by atoms with Gasteiger partial charge in [-0.1, -0.05) is 57.6 Å². The molecule has 0 aromatic heterocycles. The van der Waals surface area contributed by atoms with Gasteiger partial charge in [0.05, 0.1) is 13.2 Å². The van der Waals surface area contributed by atoms with Gasteiger partial charge in [0.15, 0.2) is 6.61 Å². The molecule has 0 saturated carbocycles. The topological polar surface area (TPSA) is 47.6 Å². The standard InChI is InChI=1S/C21H31NO3/c1-4-5-6-7-8-9-13-18-16(2)21(25-15-20(23)24-3)17-12-10-11-14-19(17)22-18/h10-12,14,18,22H,4-9,13,15H2,1-3H3. The summed E-state index contributed by atoms with van der Waals surface area (Å²) in [5.41, 5.74) is 3.25. The minimum Gasteiger partial charge on any atom is -0.481 e. The number of carbonyl (C=O) groups is 1. The summed E-state index contributed by atoms with van der Waals surface area (Å²) in [6.45, 7) is 4.28. The molecule has 2 rings (SSSR count). The number of anilines is 1. The molecule has 1 atom stereocenters. The van der Waals surface area contributed by atoms with E-state index in [0.29, 0.717) is 0 Å². The summed E-state index contributed by atoms with van der Waals surface area (Å²) < 4.78 is 10.5. The normalized spacial score (nSPS) is 16.2. The van der Waals surface area contributed by atoms with Crippen molar-refractivity contribution in [2.45, 2.75) is 64.8 Å². The fourth-order valence-corrected chi connectivity index (χ4v) is 3.27. The number of benzene rings is 1. The molecule has 4 heteroatoms. The first-order valence-electron chi connectivity index (χ1n) is 9.43. The monoisotopic (exact) mass is 345 g/mol. The van der Waals surface area contributed by atoms with Crippen molar-refractivity contribution in [3.05, 3.63) is 35.4 Å². The van der Waals surface area contributed by atoms with E-state index in [1.165, 1.54) is 45.6 Å². The van der Waals surface area contributed by atoms with Gasteiger partial charge in [-0.25, -0.2) is 4.79 Å². The summed E-state index contributed by atoms with van der Waals surface area (Å²) in [5.74, 6) is 0.458. The van der Waals surface area contributed by atoms with E-state index in [0.717, 1.165) is 29.0 Å². The van der Waals surface area contributed by atoms with Crippen LogP contribution in [0.3, 0.4) is 0 Å². The highest BCUT2D eigenvalue weighted by Crippen LogP contribution is 2.35. The molecule has 0 bridgehead atoms. The molecule has 1 aliphatic rings. The SMILES string of the molecule is CCCCCCCCC1Nc2ccccc2C(OCC(=O)OC)=C1C. The molecule has 0 fully saturated rings. The first-order valence-corrected chi connectivity index (χ1v) is 9.43. The zero-order chi connectivity index (χ0) is 18.1. The van der Waals surface area contributed by atoms with Crippen molar-refractivity contribution in [3.63, 3.8) is 0 Å². The number of unbranched alkanes of at least 4 members (excludes halogenated alkanes) is 5. The molecule has 0 amide bonds. The molecule has 0 saturated heterocycles. The minimum atomic E-state index is -0.358. The second-order valence-corrected chi connectivity index (χ2v) is 6.68. The van der Waals surface area contributed by atoms with Crippen molar-refractivity contribution < 1.29 is 14.3 Å². The van der Waals surface area contributed by atoms with Crippen molar-refractivity contribution in [3.8, 4) is 0 Å². The van der Waals surface area contributed by atoms with E-state index in [9.17, 15) is 4.79 Å². The number of nitrogens with one attached hydrogen (secondary N) is 1. The zero-order valence-electron chi connectivity index (χ0n) is 15.8. The van der Waals surface area contributed by atoms with E-state index in [1.54, 1.807) is 0 Å². The Labute approximate surface area is 151 Å². The van der Waals surface area contributed by atoms with Crippen LogP contribution in [0.4, 0.5) is 5.69 Å². The molecule has 1 N–H and O–H groups in total. The molecule has 1 aromatic carbocycles. The number of rotatable bonds is 10. The largest absolute Gasteiger partial charge is 0.481 e. The number of para-hydroxylation sites is 1. The molecule has 1 unspecified atom stereocenters. The van der Waals surface area contributed by atoms with Gasteiger partial charge in [0.2, 0.25) is 0 Å². The maximum absolute atomic E-state index is 11.5. The van der Waals surface area contributed by atoms with Gasteiger partial charge in [-0.3, -0.25) is 0 Å². The Morgan fingerprint density at radius 2 is 1.84 bits per heavy atom. The van der Waals surface area contributed by atoms with E-state index in [-0.39, 0.29) is 18.6 Å². The highest BCUT2D eigenvalue weighted by molar-refractivity contribution is 5.80. The zero-order valence-corrected chi connectivity index (χ0v) is 15.8. The molecule has 1 heterocycles. The number of fused-ring (bicyclic) bond motifs is 1. The lowest BCUT2D eigenvalue weighted by molar-refractivity contribution is -0.143. The smallest absolute Gasteiger partial charge is 0.343 e. The second kappa shape index (κ2) is 10.1. The van der Waals surface area contributed by atoms with Gasteiger partial charge < -0.3 is 14.8 Å². The Bertz CT molecular complexity index is 595. The highest BCUT2D eigenvalue weighted by Gasteiger charge is 2.25. The van der Waals surface area contributed by atoms with E-state index in [1.807, 2.05) is 18.2 Å². The van der Waals surface area contributed by atoms with E-state index in [4.69, 9.17) is 9.47 Å². The van der Waals surface area contributed by atoms with Gasteiger partial charge in [-0.15, -0.1) is 0 Å². The third-order valence-corrected chi connectivity index (χ3v) is 4.79. The second-order valence-electron chi connectivity index (χ2n) is 6.68. The number of methoxy groups -OCH3 is 1. The first-order chi connectivity index (χ1) is 12.2. The number of esters is 1. The summed E-state index contributed by atoms with van der Waals surface area (Å²) in [5, 5.41) is 3.63. The Balaban J connectivity index is 2.02. The van der Waals surface area contributed by atoms with Gasteiger partial charge in [0, 0.05) is 11.3 Å². The Kier molecular flexibility index (Phi) is 7.83. The van der Waals surface area contributed by atoms with Crippen LogP contribution in [0.15, 0.2) is 29.8 Å². The summed E-state index contributed by atoms with van der Waals surface area (Å²) in [7, 11) is 1.38. The number of carbonyl (C=O) groups excluding carboxylic acids is 1. The maximum atomic E-state index is 11.5. The van der Waals surface area contributed by atoms with Gasteiger partial charge in [0.1, 0.15) is 5.76 Å². The van der Waals surface area contributed by atoms with Crippen LogP contribution in [-0.2, 0) is 14.3 Å². The Morgan fingerprint density at radius 3 is 2.60 bits per heavy atom. The van der Waals surface area contributed by atoms with Gasteiger partial charge in [-0.05, 0) is 31.1 Å². The fraction of sp³-hybridized carbons (Fsp3) is 0.571. The molecule has 0 spiro atoms. The average molecular weight is 345 g/mol. The molecule has 1 aromatic rings. The van der Waals surface area contributed by atoms with Crippen LogP contribution in [0.5, 0.6) is 0 Å². The minimum absolute atomic E-state index is 0.0543. The quantitative estimate of drug-likeness (QED) is 0.470. The number of ether oxygens (including phenoxy) is 2. The van der Waals surface area contributed by atoms with E-state index in [2.05, 4.69) is 25.2 Å². The van der Waals surface area contributed by atoms with Crippen molar-refractivity contribution in [2.75, 3.05) is 19.0 Å². The van der Waals surface area contributed by atoms with Crippen molar-refractivity contribution in [1.82, 2.24) is 0 Å². The molecule has 1 aliphatic heterocycles. The van der Waals surface area contributed by atoms with Crippen LogP contribution in [0.25, 0.3) is 5.76 Å². The highest BCUT2D eigenvalue weighted by atomic mass is 16.6. The molecular formula is C21H31NO3. The average Bonchev–Trinajstić information content (AvgIpc) is 2.64. The Hall–Kier alpha value is -1.97. The molecule has 0 aliphatic carbocycles. The molecule has 25 heavy (non-hydrogen) atoms. The molecule has 4 nitrogen and oxygen atoms in total. The lowest BCUT2D eigenvalue weighted by Crippen LogP contribution is -2.27. The third-order valence-electron chi connectivity index (χ3n) is 4.79. The van der Waals surface area contributed by atoms with Gasteiger partial charge in [0.25, 0.3) is 0 Å². The lowest BCUT2D eigenvalue weighted by Gasteiger charge is -2.30. The van der Waals surface area contributed by atoms with E-state index < -0.39 is 0 Å². The molecular weight excluding hydrogens is 314 g/mol. The summed E-state index contributed by atoms with van der Waals surface area (Å²) in [4.78, 5) is 11.5. The van der Waals surface area contributed by atoms with Gasteiger partial charge >= 0.3 is 5.97 Å². The van der Waals surface area contributed by atoms with E-state index >= 15 is 0 Å². The van der Waals surface area contributed by atoms with Crippen LogP contribution in [0.1, 0.15) is 64.4 Å². The fourth-order valence-electron chi connectivity index (χ4n) is 3.27. The summed E-state index contributed by atoms with van der Waals surface area (Å²) in [6.07, 6.45) is 8.81. The number of hydrogen-bond acceptors (Lipinski definition) is 4. The van der Waals surface area contributed by atoms with Crippen LogP contribution in [0, 0.1) is 0 Å². The van der Waals surface area contributed by atoms with Crippen LogP contribution in [0.2, 0.25) is 0 Å². The molecule has 138 valence electrons. The van der Waals surface area contributed by atoms with Crippen LogP contribution >= 0.6 is 0 Å². The van der Waals surface area contributed by atoms with Crippen molar-refractivity contribution in [2.24, 2.45) is 0 Å². The number of hydrogen-bond donors (Lipinski definition) is 1. The predicted octanol–water partition coefficient (Wildman–Crippen LogP) is 5.15. The summed E-state index contributed by atoms with van der Waals surface area (Å²) >= 11 is 0. The lowest BCUT2D eigenvalue weighted by atomic mass is 9.93. The first kappa shape index (κ1) is 19.4. The maximum Gasteiger partial charge on any atom is 0.343 e. The Morgan fingerprint density at radius 1 is 1.12 bits per heavy atom. The van der Waals surface area contributed by atoms with Crippen LogP contribution < -0.4 is 5.32 Å². The van der Waals surface area contributed by atoms with Crippen molar-refractivity contribution >= 4 is 17.4 Å².